The van der Waals surface area contributed by atoms with Crippen molar-refractivity contribution >= 4 is 0 Å². The Balaban J connectivity index is 1.78. The average Bonchev–Trinajstić information content (AvgIpc) is 1.95. The van der Waals surface area contributed by atoms with Crippen LogP contribution in [0.25, 0.3) is 0 Å². The fourth-order valence-corrected chi connectivity index (χ4v) is 2.53. The summed E-state index contributed by atoms with van der Waals surface area (Å²) < 4.78 is 5.30. The zero-order valence-electron chi connectivity index (χ0n) is 9.81. The molecule has 0 saturated carbocycles. The minimum atomic E-state index is 0.414. The second-order valence-corrected chi connectivity index (χ2v) is 5.76. The Bertz CT molecular complexity index is 200. The molecule has 82 valence electrons. The van der Waals surface area contributed by atoms with E-state index in [1.165, 1.54) is 32.4 Å². The van der Waals surface area contributed by atoms with E-state index >= 15 is 0 Å². The van der Waals surface area contributed by atoms with Crippen LogP contribution in [0.1, 0.15) is 40.0 Å². The zero-order valence-corrected chi connectivity index (χ0v) is 9.81. The number of likely N-dealkylation sites (tertiary alicyclic amines) is 1. The van der Waals surface area contributed by atoms with Gasteiger partial charge in [-0.2, -0.15) is 0 Å². The maximum absolute atomic E-state index is 5.30. The molecule has 2 saturated heterocycles. The van der Waals surface area contributed by atoms with Crippen LogP contribution < -0.4 is 0 Å². The summed E-state index contributed by atoms with van der Waals surface area (Å²) in [5.41, 5.74) is 0.986. The van der Waals surface area contributed by atoms with E-state index < -0.39 is 0 Å². The molecule has 1 spiro atoms. The van der Waals surface area contributed by atoms with Crippen molar-refractivity contribution in [3.8, 4) is 0 Å². The third-order valence-electron chi connectivity index (χ3n) is 3.87. The second-order valence-electron chi connectivity index (χ2n) is 5.76. The van der Waals surface area contributed by atoms with Crippen molar-refractivity contribution in [1.82, 2.24) is 4.90 Å². The molecule has 0 aromatic carbocycles. The van der Waals surface area contributed by atoms with Crippen LogP contribution in [0.2, 0.25) is 0 Å². The first kappa shape index (κ1) is 10.4. The molecular formula is C12H23NO. The number of hydrogen-bond donors (Lipinski definition) is 0. The summed E-state index contributed by atoms with van der Waals surface area (Å²) in [4.78, 5) is 2.63. The molecule has 0 aliphatic carbocycles. The molecule has 0 aromatic rings. The zero-order chi connectivity index (χ0) is 10.2. The maximum atomic E-state index is 5.30. The van der Waals surface area contributed by atoms with Crippen molar-refractivity contribution in [3.05, 3.63) is 0 Å². The summed E-state index contributed by atoms with van der Waals surface area (Å²) in [6.45, 7) is 11.6. The van der Waals surface area contributed by atoms with Crippen LogP contribution in [0.5, 0.6) is 0 Å². The Morgan fingerprint density at radius 1 is 1.29 bits per heavy atom. The summed E-state index contributed by atoms with van der Waals surface area (Å²) in [5, 5.41) is 0. The third kappa shape index (κ3) is 1.70. The molecule has 2 aliphatic heterocycles. The molecule has 2 nitrogen and oxygen atoms in total. The van der Waals surface area contributed by atoms with Crippen molar-refractivity contribution in [1.29, 1.82) is 0 Å². The number of rotatable bonds is 4. The van der Waals surface area contributed by atoms with Crippen LogP contribution in [0.3, 0.4) is 0 Å². The predicted octanol–water partition coefficient (Wildman–Crippen LogP) is 2.29. The van der Waals surface area contributed by atoms with Crippen LogP contribution in [0.15, 0.2) is 0 Å². The molecule has 0 atom stereocenters. The topological polar surface area (TPSA) is 12.5 Å². The fraction of sp³-hybridized carbons (Fsp3) is 1.00. The van der Waals surface area contributed by atoms with E-state index in [2.05, 4.69) is 25.7 Å². The molecule has 0 N–H and O–H groups in total. The first-order valence-electron chi connectivity index (χ1n) is 5.91. The average molecular weight is 197 g/mol. The quantitative estimate of drug-likeness (QED) is 0.685. The molecule has 2 aliphatic rings. The molecule has 0 bridgehead atoms. The van der Waals surface area contributed by atoms with Crippen molar-refractivity contribution in [2.75, 3.05) is 26.3 Å². The van der Waals surface area contributed by atoms with Crippen LogP contribution >= 0.6 is 0 Å². The van der Waals surface area contributed by atoms with Crippen molar-refractivity contribution in [3.63, 3.8) is 0 Å². The van der Waals surface area contributed by atoms with Gasteiger partial charge in [-0.25, -0.2) is 0 Å². The van der Waals surface area contributed by atoms with Gasteiger partial charge in [0.05, 0.1) is 13.2 Å². The normalized spacial score (nSPS) is 25.9. The molecule has 2 heteroatoms. The summed E-state index contributed by atoms with van der Waals surface area (Å²) in [5.74, 6) is 0. The van der Waals surface area contributed by atoms with Crippen molar-refractivity contribution in [2.45, 2.75) is 45.6 Å². The second kappa shape index (κ2) is 3.49. The van der Waals surface area contributed by atoms with Crippen molar-refractivity contribution < 1.29 is 4.74 Å². The highest BCUT2D eigenvalue weighted by molar-refractivity contribution is 5.03. The van der Waals surface area contributed by atoms with Gasteiger partial charge in [0.15, 0.2) is 0 Å². The molecule has 0 amide bonds. The van der Waals surface area contributed by atoms with E-state index in [1.54, 1.807) is 0 Å². The largest absolute Gasteiger partial charge is 0.380 e. The highest BCUT2D eigenvalue weighted by atomic mass is 16.5. The summed E-state index contributed by atoms with van der Waals surface area (Å²) in [7, 11) is 0. The highest BCUT2D eigenvalue weighted by Gasteiger charge is 2.52. The number of unbranched alkanes of at least 4 members (excludes halogenated alkanes) is 1. The number of ether oxygens (including phenoxy) is 1. The molecule has 0 aromatic heterocycles. The molecule has 14 heavy (non-hydrogen) atoms. The minimum Gasteiger partial charge on any atom is -0.380 e. The van der Waals surface area contributed by atoms with Gasteiger partial charge in [-0.1, -0.05) is 19.8 Å². The monoisotopic (exact) mass is 197 g/mol. The van der Waals surface area contributed by atoms with Gasteiger partial charge in [0.25, 0.3) is 0 Å². The lowest BCUT2D eigenvalue weighted by Gasteiger charge is -2.60. The summed E-state index contributed by atoms with van der Waals surface area (Å²) in [6, 6.07) is 0. The Morgan fingerprint density at radius 2 is 1.93 bits per heavy atom. The molecule has 0 radical (unpaired) electrons. The van der Waals surface area contributed by atoms with Gasteiger partial charge in [0.1, 0.15) is 0 Å². The molecule has 0 unspecified atom stereocenters. The van der Waals surface area contributed by atoms with Crippen LogP contribution in [-0.4, -0.2) is 36.7 Å². The molecule has 2 heterocycles. The first-order valence-corrected chi connectivity index (χ1v) is 5.91. The van der Waals surface area contributed by atoms with Crippen molar-refractivity contribution in [2.24, 2.45) is 5.41 Å². The number of nitrogens with zero attached hydrogens (tertiary/aromatic N) is 1. The maximum Gasteiger partial charge on any atom is 0.0569 e. The predicted molar refractivity (Wildman–Crippen MR) is 58.4 cm³/mol. The number of hydrogen-bond acceptors (Lipinski definition) is 2. The Kier molecular flexibility index (Phi) is 2.61. The van der Waals surface area contributed by atoms with Gasteiger partial charge in [-0.05, 0) is 20.3 Å². The molecule has 2 rings (SSSR count). The summed E-state index contributed by atoms with van der Waals surface area (Å²) >= 11 is 0. The lowest BCUT2D eigenvalue weighted by Crippen LogP contribution is -2.70. The van der Waals surface area contributed by atoms with Gasteiger partial charge < -0.3 is 4.74 Å². The van der Waals surface area contributed by atoms with Crippen LogP contribution in [-0.2, 0) is 4.74 Å². The van der Waals surface area contributed by atoms with E-state index in [-0.39, 0.29) is 0 Å². The van der Waals surface area contributed by atoms with Gasteiger partial charge in [0, 0.05) is 24.0 Å². The Hall–Kier alpha value is -0.0800. The Morgan fingerprint density at radius 3 is 2.36 bits per heavy atom. The lowest BCUT2D eigenvalue weighted by atomic mass is 9.74. The van der Waals surface area contributed by atoms with Gasteiger partial charge in [-0.15, -0.1) is 0 Å². The first-order chi connectivity index (χ1) is 6.58. The molecule has 2 fully saturated rings. The lowest BCUT2D eigenvalue weighted by molar-refractivity contribution is -0.210. The van der Waals surface area contributed by atoms with Gasteiger partial charge in [-0.3, -0.25) is 4.90 Å². The van der Waals surface area contributed by atoms with Crippen LogP contribution in [0.4, 0.5) is 0 Å². The summed E-state index contributed by atoms with van der Waals surface area (Å²) in [6.07, 6.45) is 4.00. The third-order valence-corrected chi connectivity index (χ3v) is 3.87. The highest BCUT2D eigenvalue weighted by Crippen LogP contribution is 2.42. The van der Waals surface area contributed by atoms with E-state index in [0.29, 0.717) is 11.0 Å². The Labute approximate surface area is 87.6 Å². The van der Waals surface area contributed by atoms with E-state index in [4.69, 9.17) is 4.74 Å². The smallest absolute Gasteiger partial charge is 0.0569 e. The van der Waals surface area contributed by atoms with E-state index in [1.807, 2.05) is 0 Å². The van der Waals surface area contributed by atoms with Gasteiger partial charge in [0.2, 0.25) is 0 Å². The SMILES string of the molecule is CCCCC(C)(C)N1CC2(COC2)C1. The van der Waals surface area contributed by atoms with Gasteiger partial charge >= 0.3 is 0 Å². The molecular weight excluding hydrogens is 174 g/mol. The van der Waals surface area contributed by atoms with Crippen LogP contribution in [0, 0.1) is 5.41 Å². The standard InChI is InChI=1S/C12H23NO/c1-4-5-6-11(2,3)13-7-12(8-13)9-14-10-12/h4-10H2,1-3H3. The van der Waals surface area contributed by atoms with E-state index in [9.17, 15) is 0 Å². The van der Waals surface area contributed by atoms with E-state index in [0.717, 1.165) is 13.2 Å². The minimum absolute atomic E-state index is 0.414. The fourth-order valence-electron chi connectivity index (χ4n) is 2.53.